The quantitative estimate of drug-likeness (QED) is 0.679. The number of aryl methyl sites for hydroxylation is 1. The molecule has 0 bridgehead atoms. The van der Waals surface area contributed by atoms with E-state index in [1.54, 1.807) is 14.2 Å². The largest absolute Gasteiger partial charge is 0.493 e. The molecule has 2 rings (SSSR count). The van der Waals surface area contributed by atoms with Gasteiger partial charge in [-0.25, -0.2) is 0 Å². The third kappa shape index (κ3) is 7.41. The first-order valence-electron chi connectivity index (χ1n) is 10.2. The molecule has 152 valence electrons. The highest BCUT2D eigenvalue weighted by Crippen LogP contribution is 2.28. The Labute approximate surface area is 164 Å². The molecule has 0 radical (unpaired) electrons. The number of benzene rings is 1. The summed E-state index contributed by atoms with van der Waals surface area (Å²) >= 11 is 0. The van der Waals surface area contributed by atoms with E-state index in [1.165, 1.54) is 19.4 Å². The second-order valence-corrected chi connectivity index (χ2v) is 7.98. The topological polar surface area (TPSA) is 50.8 Å². The molecule has 1 heterocycles. The highest BCUT2D eigenvalue weighted by molar-refractivity contribution is 5.75. The van der Waals surface area contributed by atoms with E-state index in [4.69, 9.17) is 9.47 Å². The van der Waals surface area contributed by atoms with E-state index in [-0.39, 0.29) is 5.91 Å². The predicted molar refractivity (Wildman–Crippen MR) is 109 cm³/mol. The van der Waals surface area contributed by atoms with Gasteiger partial charge < -0.3 is 19.7 Å². The average molecular weight is 377 g/mol. The molecule has 5 heteroatoms. The average Bonchev–Trinajstić information content (AvgIpc) is 2.67. The summed E-state index contributed by atoms with van der Waals surface area (Å²) in [6, 6.07) is 5.94. The normalized spacial score (nSPS) is 15.7. The summed E-state index contributed by atoms with van der Waals surface area (Å²) in [6.07, 6.45) is 4.66. The SMILES string of the molecule is COc1ccc(CCCC(=O)NCC2CCN(CC(C)C)CC2)cc1OC. The van der Waals surface area contributed by atoms with Crippen LogP contribution in [0.3, 0.4) is 0 Å². The molecule has 1 amide bonds. The smallest absolute Gasteiger partial charge is 0.220 e. The first kappa shape index (κ1) is 21.5. The molecule has 1 aromatic carbocycles. The second-order valence-electron chi connectivity index (χ2n) is 7.98. The lowest BCUT2D eigenvalue weighted by Crippen LogP contribution is -2.40. The van der Waals surface area contributed by atoms with Gasteiger partial charge in [-0.2, -0.15) is 0 Å². The van der Waals surface area contributed by atoms with Gasteiger partial charge in [0.05, 0.1) is 14.2 Å². The molecule has 1 aromatic rings. The third-order valence-corrected chi connectivity index (χ3v) is 5.24. The zero-order chi connectivity index (χ0) is 19.6. The Kier molecular flexibility index (Phi) is 8.92. The van der Waals surface area contributed by atoms with E-state index >= 15 is 0 Å². The Morgan fingerprint density at radius 2 is 1.89 bits per heavy atom. The Balaban J connectivity index is 1.63. The van der Waals surface area contributed by atoms with E-state index in [0.29, 0.717) is 12.3 Å². The van der Waals surface area contributed by atoms with Crippen molar-refractivity contribution in [1.29, 1.82) is 0 Å². The van der Waals surface area contributed by atoms with Crippen LogP contribution >= 0.6 is 0 Å². The summed E-state index contributed by atoms with van der Waals surface area (Å²) in [6.45, 7) is 8.89. The van der Waals surface area contributed by atoms with Gasteiger partial charge in [-0.1, -0.05) is 19.9 Å². The summed E-state index contributed by atoms with van der Waals surface area (Å²) in [4.78, 5) is 14.7. The fourth-order valence-corrected chi connectivity index (χ4v) is 3.73. The van der Waals surface area contributed by atoms with Crippen molar-refractivity contribution in [2.75, 3.05) is 40.4 Å². The van der Waals surface area contributed by atoms with Crippen LogP contribution in [0.25, 0.3) is 0 Å². The number of hydrogen-bond donors (Lipinski definition) is 1. The fourth-order valence-electron chi connectivity index (χ4n) is 3.73. The molecule has 1 aliphatic rings. The minimum atomic E-state index is 0.167. The van der Waals surface area contributed by atoms with Crippen LogP contribution in [-0.2, 0) is 11.2 Å². The monoisotopic (exact) mass is 376 g/mol. The minimum absolute atomic E-state index is 0.167. The first-order chi connectivity index (χ1) is 13.0. The van der Waals surface area contributed by atoms with Gasteiger partial charge in [0.25, 0.3) is 0 Å². The number of amides is 1. The van der Waals surface area contributed by atoms with Gasteiger partial charge in [0.2, 0.25) is 5.91 Å². The molecule has 5 nitrogen and oxygen atoms in total. The molecule has 0 atom stereocenters. The maximum atomic E-state index is 12.1. The number of hydrogen-bond acceptors (Lipinski definition) is 4. The van der Waals surface area contributed by atoms with Crippen LogP contribution in [0.4, 0.5) is 0 Å². The summed E-state index contributed by atoms with van der Waals surface area (Å²) < 4.78 is 10.6. The molecule has 27 heavy (non-hydrogen) atoms. The number of nitrogens with zero attached hydrogens (tertiary/aromatic N) is 1. The van der Waals surface area contributed by atoms with Crippen molar-refractivity contribution in [3.05, 3.63) is 23.8 Å². The molecule has 0 aromatic heterocycles. The van der Waals surface area contributed by atoms with E-state index in [9.17, 15) is 4.79 Å². The minimum Gasteiger partial charge on any atom is -0.493 e. The molecule has 0 aliphatic carbocycles. The van der Waals surface area contributed by atoms with Gasteiger partial charge in [0, 0.05) is 19.5 Å². The van der Waals surface area contributed by atoms with E-state index in [0.717, 1.165) is 55.5 Å². The van der Waals surface area contributed by atoms with Gasteiger partial charge in [-0.3, -0.25) is 4.79 Å². The van der Waals surface area contributed by atoms with Crippen molar-refractivity contribution in [3.63, 3.8) is 0 Å². The van der Waals surface area contributed by atoms with Gasteiger partial charge in [-0.15, -0.1) is 0 Å². The molecule has 0 unspecified atom stereocenters. The molecule has 1 N–H and O–H groups in total. The van der Waals surface area contributed by atoms with Gasteiger partial charge in [0.1, 0.15) is 0 Å². The highest BCUT2D eigenvalue weighted by atomic mass is 16.5. The van der Waals surface area contributed by atoms with E-state index in [2.05, 4.69) is 24.1 Å². The zero-order valence-corrected chi connectivity index (χ0v) is 17.4. The van der Waals surface area contributed by atoms with Gasteiger partial charge in [0.15, 0.2) is 11.5 Å². The molecule has 1 fully saturated rings. The van der Waals surface area contributed by atoms with Crippen LogP contribution in [-0.4, -0.2) is 51.2 Å². The van der Waals surface area contributed by atoms with Crippen LogP contribution in [0.15, 0.2) is 18.2 Å². The summed E-state index contributed by atoms with van der Waals surface area (Å²) in [5.41, 5.74) is 1.16. The molecular formula is C22H36N2O3. The van der Waals surface area contributed by atoms with Crippen molar-refractivity contribution in [3.8, 4) is 11.5 Å². The standard InChI is InChI=1S/C22H36N2O3/c1-17(2)16-24-12-10-19(11-13-24)15-23-22(25)7-5-6-18-8-9-20(26-3)21(14-18)27-4/h8-9,14,17,19H,5-7,10-13,15-16H2,1-4H3,(H,23,25). The second kappa shape index (κ2) is 11.2. The van der Waals surface area contributed by atoms with Crippen LogP contribution < -0.4 is 14.8 Å². The molecule has 1 saturated heterocycles. The molecule has 0 spiro atoms. The maximum absolute atomic E-state index is 12.1. The molecule has 1 aliphatic heterocycles. The van der Waals surface area contributed by atoms with Crippen molar-refractivity contribution in [1.82, 2.24) is 10.2 Å². The number of ether oxygens (including phenoxy) is 2. The van der Waals surface area contributed by atoms with Crippen LogP contribution in [0.2, 0.25) is 0 Å². The maximum Gasteiger partial charge on any atom is 0.220 e. The van der Waals surface area contributed by atoms with Crippen molar-refractivity contribution >= 4 is 5.91 Å². The van der Waals surface area contributed by atoms with E-state index in [1.807, 2.05) is 18.2 Å². The number of rotatable bonds is 10. The predicted octanol–water partition coefficient (Wildman–Crippen LogP) is 3.51. The lowest BCUT2D eigenvalue weighted by atomic mass is 9.96. The van der Waals surface area contributed by atoms with Crippen LogP contribution in [0.5, 0.6) is 11.5 Å². The lowest BCUT2D eigenvalue weighted by Gasteiger charge is -2.33. The number of piperidine rings is 1. The Morgan fingerprint density at radius 1 is 1.19 bits per heavy atom. The number of methoxy groups -OCH3 is 2. The third-order valence-electron chi connectivity index (χ3n) is 5.24. The van der Waals surface area contributed by atoms with Crippen molar-refractivity contribution in [2.45, 2.75) is 46.0 Å². The number of likely N-dealkylation sites (tertiary alicyclic amines) is 1. The van der Waals surface area contributed by atoms with Gasteiger partial charge in [-0.05, 0) is 68.3 Å². The molecular weight excluding hydrogens is 340 g/mol. The summed E-state index contributed by atoms with van der Waals surface area (Å²) in [5, 5.41) is 3.13. The zero-order valence-electron chi connectivity index (χ0n) is 17.4. The van der Waals surface area contributed by atoms with E-state index < -0.39 is 0 Å². The lowest BCUT2D eigenvalue weighted by molar-refractivity contribution is -0.121. The summed E-state index contributed by atoms with van der Waals surface area (Å²) in [7, 11) is 3.28. The summed E-state index contributed by atoms with van der Waals surface area (Å²) in [5.74, 6) is 3.00. The van der Waals surface area contributed by atoms with Crippen LogP contribution in [0.1, 0.15) is 45.1 Å². The molecule has 0 saturated carbocycles. The highest BCUT2D eigenvalue weighted by Gasteiger charge is 2.20. The Morgan fingerprint density at radius 3 is 2.52 bits per heavy atom. The number of nitrogens with one attached hydrogen (secondary N) is 1. The Bertz CT molecular complexity index is 581. The first-order valence-corrected chi connectivity index (χ1v) is 10.2. The fraction of sp³-hybridized carbons (Fsp3) is 0.682. The van der Waals surface area contributed by atoms with Crippen LogP contribution in [0, 0.1) is 11.8 Å². The van der Waals surface area contributed by atoms with Crippen molar-refractivity contribution in [2.24, 2.45) is 11.8 Å². The number of carbonyl (C=O) groups is 1. The Hall–Kier alpha value is -1.75. The van der Waals surface area contributed by atoms with Gasteiger partial charge >= 0.3 is 0 Å². The van der Waals surface area contributed by atoms with Crippen molar-refractivity contribution < 1.29 is 14.3 Å². The number of carbonyl (C=O) groups excluding carboxylic acids is 1.